The van der Waals surface area contributed by atoms with Gasteiger partial charge in [0.2, 0.25) is 5.91 Å². The highest BCUT2D eigenvalue weighted by Crippen LogP contribution is 2.38. The molecule has 1 heterocycles. The highest BCUT2D eigenvalue weighted by molar-refractivity contribution is 7.99. The van der Waals surface area contributed by atoms with E-state index in [-0.39, 0.29) is 22.9 Å². The van der Waals surface area contributed by atoms with Gasteiger partial charge in [0.25, 0.3) is 5.91 Å². The van der Waals surface area contributed by atoms with E-state index in [0.29, 0.717) is 16.9 Å². The van der Waals surface area contributed by atoms with Crippen LogP contribution < -0.4 is 10.6 Å². The number of anilines is 2. The van der Waals surface area contributed by atoms with Gasteiger partial charge in [-0.15, -0.1) is 10.2 Å². The van der Waals surface area contributed by atoms with Gasteiger partial charge in [-0.05, 0) is 56.2 Å². The number of hydrogen-bond acceptors (Lipinski definition) is 5. The summed E-state index contributed by atoms with van der Waals surface area (Å²) in [4.78, 5) is 24.9. The van der Waals surface area contributed by atoms with Crippen LogP contribution in [0.1, 0.15) is 40.6 Å². The molecule has 1 saturated carbocycles. The minimum atomic E-state index is -4.51. The number of aromatic nitrogens is 3. The van der Waals surface area contributed by atoms with E-state index in [1.165, 1.54) is 36.0 Å². The van der Waals surface area contributed by atoms with E-state index in [2.05, 4.69) is 20.8 Å². The van der Waals surface area contributed by atoms with E-state index >= 15 is 0 Å². The molecule has 1 aliphatic rings. The van der Waals surface area contributed by atoms with Crippen molar-refractivity contribution in [2.24, 2.45) is 0 Å². The lowest BCUT2D eigenvalue weighted by Gasteiger charge is -2.11. The zero-order valence-corrected chi connectivity index (χ0v) is 18.3. The molecule has 0 saturated heterocycles. The van der Waals surface area contributed by atoms with Crippen molar-refractivity contribution < 1.29 is 22.8 Å². The van der Waals surface area contributed by atoms with Crippen LogP contribution in [0, 0.1) is 6.92 Å². The third-order valence-corrected chi connectivity index (χ3v) is 5.88. The highest BCUT2D eigenvalue weighted by atomic mass is 32.2. The first-order valence-electron chi connectivity index (χ1n) is 10.1. The Bertz CT molecular complexity index is 1190. The zero-order chi connectivity index (χ0) is 23.6. The topological polar surface area (TPSA) is 88.9 Å². The molecule has 1 aliphatic carbocycles. The standard InChI is InChI=1S/C22H20F3N5O2S/c1-13-28-29-21(30(13)18-8-9-18)33-12-19(31)26-16-6-2-4-14(10-16)20(32)27-17-7-3-5-15(11-17)22(23,24)25/h2-7,10-11,18H,8-9,12H2,1H3,(H,26,31)(H,27,32). The van der Waals surface area contributed by atoms with Crippen molar-refractivity contribution in [3.8, 4) is 0 Å². The Labute approximate surface area is 191 Å². The lowest BCUT2D eigenvalue weighted by Crippen LogP contribution is -2.16. The van der Waals surface area contributed by atoms with Gasteiger partial charge in [0.05, 0.1) is 11.3 Å². The van der Waals surface area contributed by atoms with Gasteiger partial charge in [-0.25, -0.2) is 0 Å². The van der Waals surface area contributed by atoms with Crippen LogP contribution >= 0.6 is 11.8 Å². The number of nitrogens with zero attached hydrogens (tertiary/aromatic N) is 3. The summed E-state index contributed by atoms with van der Waals surface area (Å²) in [6.45, 7) is 1.88. The van der Waals surface area contributed by atoms with Gasteiger partial charge in [-0.2, -0.15) is 13.2 Å². The van der Waals surface area contributed by atoms with E-state index in [1.807, 2.05) is 11.5 Å². The number of hydrogen-bond donors (Lipinski definition) is 2. The molecule has 1 aromatic heterocycles. The third kappa shape index (κ3) is 5.72. The molecule has 33 heavy (non-hydrogen) atoms. The van der Waals surface area contributed by atoms with Crippen molar-refractivity contribution in [1.29, 1.82) is 0 Å². The molecular weight excluding hydrogens is 455 g/mol. The molecule has 2 N–H and O–H groups in total. The van der Waals surface area contributed by atoms with Crippen molar-refractivity contribution in [3.63, 3.8) is 0 Å². The third-order valence-electron chi connectivity index (χ3n) is 4.94. The number of benzene rings is 2. The molecule has 0 unspecified atom stereocenters. The fraction of sp³-hybridized carbons (Fsp3) is 0.273. The Morgan fingerprint density at radius 3 is 2.45 bits per heavy atom. The summed E-state index contributed by atoms with van der Waals surface area (Å²) < 4.78 is 40.7. The van der Waals surface area contributed by atoms with Crippen LogP contribution in [0.3, 0.4) is 0 Å². The smallest absolute Gasteiger partial charge is 0.325 e. The first-order valence-corrected chi connectivity index (χ1v) is 11.1. The van der Waals surface area contributed by atoms with Crippen LogP contribution in [0.2, 0.25) is 0 Å². The maximum Gasteiger partial charge on any atom is 0.416 e. The van der Waals surface area contributed by atoms with Crippen LogP contribution in [-0.2, 0) is 11.0 Å². The second-order valence-corrected chi connectivity index (χ2v) is 8.52. The summed E-state index contributed by atoms with van der Waals surface area (Å²) in [5, 5.41) is 14.1. The number of amides is 2. The van der Waals surface area contributed by atoms with Gasteiger partial charge in [0.1, 0.15) is 5.82 Å². The molecule has 11 heteroatoms. The monoisotopic (exact) mass is 475 g/mol. The maximum atomic E-state index is 12.9. The van der Waals surface area contributed by atoms with Crippen molar-refractivity contribution >= 4 is 35.0 Å². The molecule has 7 nitrogen and oxygen atoms in total. The Morgan fingerprint density at radius 1 is 1.06 bits per heavy atom. The Hall–Kier alpha value is -3.34. The highest BCUT2D eigenvalue weighted by Gasteiger charge is 2.30. The van der Waals surface area contributed by atoms with Crippen LogP contribution in [0.4, 0.5) is 24.5 Å². The van der Waals surface area contributed by atoms with Gasteiger partial charge in [0, 0.05) is 23.0 Å². The predicted molar refractivity (Wildman–Crippen MR) is 118 cm³/mol. The minimum absolute atomic E-state index is 0.0238. The number of aryl methyl sites for hydroxylation is 1. The molecule has 1 fully saturated rings. The molecule has 2 aromatic carbocycles. The first kappa shape index (κ1) is 22.8. The molecule has 0 atom stereocenters. The normalized spacial score (nSPS) is 13.6. The van der Waals surface area contributed by atoms with Gasteiger partial charge in [-0.3, -0.25) is 9.59 Å². The van der Waals surface area contributed by atoms with Crippen molar-refractivity contribution in [2.45, 2.75) is 37.1 Å². The quantitative estimate of drug-likeness (QED) is 0.474. The molecule has 4 rings (SSSR count). The van der Waals surface area contributed by atoms with Crippen LogP contribution in [-0.4, -0.2) is 32.3 Å². The molecule has 0 radical (unpaired) electrons. The average molecular weight is 475 g/mol. The molecule has 2 amide bonds. The number of carbonyl (C=O) groups excluding carboxylic acids is 2. The largest absolute Gasteiger partial charge is 0.416 e. The van der Waals surface area contributed by atoms with Crippen LogP contribution in [0.5, 0.6) is 0 Å². The number of carbonyl (C=O) groups is 2. The van der Waals surface area contributed by atoms with E-state index < -0.39 is 17.6 Å². The van der Waals surface area contributed by atoms with E-state index in [1.54, 1.807) is 12.1 Å². The summed E-state index contributed by atoms with van der Waals surface area (Å²) in [6, 6.07) is 11.0. The number of rotatable bonds is 7. The van der Waals surface area contributed by atoms with Crippen molar-refractivity contribution in [3.05, 3.63) is 65.5 Å². The number of thioether (sulfide) groups is 1. The van der Waals surface area contributed by atoms with Gasteiger partial charge in [0.15, 0.2) is 5.16 Å². The Kier molecular flexibility index (Phi) is 6.41. The zero-order valence-electron chi connectivity index (χ0n) is 17.5. The molecule has 0 bridgehead atoms. The molecule has 3 aromatic rings. The van der Waals surface area contributed by atoms with Crippen LogP contribution in [0.15, 0.2) is 53.7 Å². The van der Waals surface area contributed by atoms with E-state index in [0.717, 1.165) is 30.8 Å². The second kappa shape index (κ2) is 9.26. The summed E-state index contributed by atoms with van der Waals surface area (Å²) in [7, 11) is 0. The number of halogens is 3. The minimum Gasteiger partial charge on any atom is -0.325 e. The number of nitrogens with one attached hydrogen (secondary N) is 2. The predicted octanol–water partition coefficient (Wildman–Crippen LogP) is 4.92. The summed E-state index contributed by atoms with van der Waals surface area (Å²) in [6.07, 6.45) is -2.35. The summed E-state index contributed by atoms with van der Waals surface area (Å²) in [5.41, 5.74) is -0.235. The first-order chi connectivity index (χ1) is 15.7. The van der Waals surface area contributed by atoms with Gasteiger partial charge in [-0.1, -0.05) is 23.9 Å². The van der Waals surface area contributed by atoms with Crippen molar-refractivity contribution in [2.75, 3.05) is 16.4 Å². The van der Waals surface area contributed by atoms with E-state index in [9.17, 15) is 22.8 Å². The Morgan fingerprint density at radius 2 is 1.76 bits per heavy atom. The van der Waals surface area contributed by atoms with Crippen LogP contribution in [0.25, 0.3) is 0 Å². The molecular formula is C22H20F3N5O2S. The van der Waals surface area contributed by atoms with Gasteiger partial charge >= 0.3 is 6.18 Å². The molecule has 172 valence electrons. The summed E-state index contributed by atoms with van der Waals surface area (Å²) >= 11 is 1.29. The van der Waals surface area contributed by atoms with Gasteiger partial charge < -0.3 is 15.2 Å². The molecule has 0 aliphatic heterocycles. The Balaban J connectivity index is 1.36. The van der Waals surface area contributed by atoms with Crippen molar-refractivity contribution in [1.82, 2.24) is 14.8 Å². The second-order valence-electron chi connectivity index (χ2n) is 7.58. The lowest BCUT2D eigenvalue weighted by molar-refractivity contribution is -0.137. The maximum absolute atomic E-state index is 12.9. The number of alkyl halides is 3. The lowest BCUT2D eigenvalue weighted by atomic mass is 10.1. The van der Waals surface area contributed by atoms with E-state index in [4.69, 9.17) is 0 Å². The summed E-state index contributed by atoms with van der Waals surface area (Å²) in [5.74, 6) is 0.0667. The SMILES string of the molecule is Cc1nnc(SCC(=O)Nc2cccc(C(=O)Nc3cccc(C(F)(F)F)c3)c2)n1C1CC1. The molecule has 0 spiro atoms. The average Bonchev–Trinajstić information content (AvgIpc) is 3.54. The fourth-order valence-electron chi connectivity index (χ4n) is 3.24. The fourth-order valence-corrected chi connectivity index (χ4v) is 4.09.